The van der Waals surface area contributed by atoms with Gasteiger partial charge in [-0.2, -0.15) is 0 Å². The lowest BCUT2D eigenvalue weighted by Gasteiger charge is -2.30. The van der Waals surface area contributed by atoms with Gasteiger partial charge in [-0.3, -0.25) is 4.79 Å². The van der Waals surface area contributed by atoms with Crippen molar-refractivity contribution < 1.29 is 9.21 Å². The van der Waals surface area contributed by atoms with Crippen LogP contribution in [-0.2, 0) is 4.79 Å². The van der Waals surface area contributed by atoms with Crippen molar-refractivity contribution >= 4 is 33.6 Å². The standard InChI is InChI=1S/C17H19BrN2O2S/c1-12-3-2-8-20(10-12)16(21)11-23-17-19-9-15(22-17)13-4-6-14(18)7-5-13/h4-7,9,12H,2-3,8,10-11H2,1H3/t12-/m1/s1. The smallest absolute Gasteiger partial charge is 0.256 e. The normalized spacial score (nSPS) is 18.2. The monoisotopic (exact) mass is 394 g/mol. The molecule has 1 amide bonds. The topological polar surface area (TPSA) is 46.3 Å². The van der Waals surface area contributed by atoms with E-state index < -0.39 is 0 Å². The van der Waals surface area contributed by atoms with Gasteiger partial charge < -0.3 is 9.32 Å². The van der Waals surface area contributed by atoms with Crippen molar-refractivity contribution in [2.24, 2.45) is 5.92 Å². The van der Waals surface area contributed by atoms with Gasteiger partial charge in [0.1, 0.15) is 0 Å². The highest BCUT2D eigenvalue weighted by atomic mass is 79.9. The molecule has 3 rings (SSSR count). The molecule has 23 heavy (non-hydrogen) atoms. The first-order chi connectivity index (χ1) is 11.1. The molecule has 1 atom stereocenters. The van der Waals surface area contributed by atoms with E-state index in [9.17, 15) is 4.79 Å². The number of aromatic nitrogens is 1. The number of thioether (sulfide) groups is 1. The predicted molar refractivity (Wildman–Crippen MR) is 95.3 cm³/mol. The van der Waals surface area contributed by atoms with Gasteiger partial charge in [-0.05, 0) is 30.9 Å². The minimum Gasteiger partial charge on any atom is -0.431 e. The molecule has 2 aromatic rings. The van der Waals surface area contributed by atoms with Gasteiger partial charge in [0.15, 0.2) is 5.76 Å². The van der Waals surface area contributed by atoms with Gasteiger partial charge in [0.05, 0.1) is 11.9 Å². The number of nitrogens with zero attached hydrogens (tertiary/aromatic N) is 2. The van der Waals surface area contributed by atoms with E-state index in [0.717, 1.165) is 35.3 Å². The third-order valence-corrected chi connectivity index (χ3v) is 5.30. The first kappa shape index (κ1) is 16.6. The van der Waals surface area contributed by atoms with Crippen LogP contribution in [0.3, 0.4) is 0 Å². The Labute approximate surface area is 148 Å². The Kier molecular flexibility index (Phi) is 5.43. The number of hydrogen-bond donors (Lipinski definition) is 0. The van der Waals surface area contributed by atoms with Crippen molar-refractivity contribution in [1.29, 1.82) is 0 Å². The number of oxazole rings is 1. The first-order valence-corrected chi connectivity index (χ1v) is 9.52. The summed E-state index contributed by atoms with van der Waals surface area (Å²) in [5.74, 6) is 1.87. The van der Waals surface area contributed by atoms with Crippen molar-refractivity contribution in [2.45, 2.75) is 25.0 Å². The number of amides is 1. The highest BCUT2D eigenvalue weighted by Gasteiger charge is 2.21. The molecule has 2 heterocycles. The number of likely N-dealkylation sites (tertiary alicyclic amines) is 1. The van der Waals surface area contributed by atoms with Crippen molar-refractivity contribution in [1.82, 2.24) is 9.88 Å². The van der Waals surface area contributed by atoms with Crippen LogP contribution in [0.1, 0.15) is 19.8 Å². The average molecular weight is 395 g/mol. The minimum absolute atomic E-state index is 0.171. The zero-order chi connectivity index (χ0) is 16.2. The van der Waals surface area contributed by atoms with Crippen LogP contribution >= 0.6 is 27.7 Å². The molecule has 0 aliphatic carbocycles. The summed E-state index contributed by atoms with van der Waals surface area (Å²) in [5, 5.41) is 0.543. The molecule has 122 valence electrons. The molecule has 4 nitrogen and oxygen atoms in total. The summed E-state index contributed by atoms with van der Waals surface area (Å²) in [5.41, 5.74) is 0.976. The Morgan fingerprint density at radius 2 is 2.22 bits per heavy atom. The summed E-state index contributed by atoms with van der Waals surface area (Å²) in [6.07, 6.45) is 4.02. The number of carbonyl (C=O) groups is 1. The van der Waals surface area contributed by atoms with Crippen LogP contribution < -0.4 is 0 Å². The first-order valence-electron chi connectivity index (χ1n) is 7.74. The molecule has 1 aliphatic rings. The Hall–Kier alpha value is -1.27. The van der Waals surface area contributed by atoms with E-state index in [0.29, 0.717) is 16.9 Å². The van der Waals surface area contributed by atoms with E-state index in [1.54, 1.807) is 6.20 Å². The van der Waals surface area contributed by atoms with Crippen molar-refractivity contribution in [3.8, 4) is 11.3 Å². The third kappa shape index (κ3) is 4.38. The van der Waals surface area contributed by atoms with Gasteiger partial charge in [-0.25, -0.2) is 4.98 Å². The van der Waals surface area contributed by atoms with Gasteiger partial charge in [0.25, 0.3) is 5.22 Å². The fourth-order valence-electron chi connectivity index (χ4n) is 2.70. The summed E-state index contributed by atoms with van der Waals surface area (Å²) in [7, 11) is 0. The van der Waals surface area contributed by atoms with Crippen LogP contribution in [-0.4, -0.2) is 34.6 Å². The van der Waals surface area contributed by atoms with E-state index in [2.05, 4.69) is 27.8 Å². The van der Waals surface area contributed by atoms with Gasteiger partial charge in [-0.15, -0.1) is 0 Å². The third-order valence-electron chi connectivity index (χ3n) is 3.94. The molecule has 0 spiro atoms. The molecule has 0 radical (unpaired) electrons. The van der Waals surface area contributed by atoms with Gasteiger partial charge in [0.2, 0.25) is 5.91 Å². The molecule has 1 fully saturated rings. The fourth-order valence-corrected chi connectivity index (χ4v) is 3.67. The molecule has 1 aliphatic heterocycles. The second-order valence-electron chi connectivity index (χ2n) is 5.87. The summed E-state index contributed by atoms with van der Waals surface area (Å²) in [6, 6.07) is 7.87. The number of carbonyl (C=O) groups excluding carboxylic acids is 1. The number of benzene rings is 1. The number of piperidine rings is 1. The minimum atomic E-state index is 0.171. The van der Waals surface area contributed by atoms with E-state index in [1.165, 1.54) is 18.2 Å². The number of rotatable bonds is 4. The van der Waals surface area contributed by atoms with E-state index in [-0.39, 0.29) is 5.91 Å². The number of hydrogen-bond acceptors (Lipinski definition) is 4. The van der Waals surface area contributed by atoms with Crippen molar-refractivity contribution in [3.05, 3.63) is 34.9 Å². The lowest BCUT2D eigenvalue weighted by Crippen LogP contribution is -2.40. The predicted octanol–water partition coefficient (Wildman–Crippen LogP) is 4.45. The summed E-state index contributed by atoms with van der Waals surface area (Å²) >= 11 is 4.78. The maximum Gasteiger partial charge on any atom is 0.256 e. The van der Waals surface area contributed by atoms with E-state index >= 15 is 0 Å². The zero-order valence-corrected chi connectivity index (χ0v) is 15.4. The summed E-state index contributed by atoms with van der Waals surface area (Å²) in [6.45, 7) is 3.94. The van der Waals surface area contributed by atoms with Crippen LogP contribution in [0.5, 0.6) is 0 Å². The average Bonchev–Trinajstić information content (AvgIpc) is 3.02. The van der Waals surface area contributed by atoms with Gasteiger partial charge in [-0.1, -0.05) is 46.7 Å². The second-order valence-corrected chi connectivity index (χ2v) is 7.72. The van der Waals surface area contributed by atoms with Crippen LogP contribution in [0.15, 0.2) is 44.6 Å². The molecule has 1 aromatic heterocycles. The van der Waals surface area contributed by atoms with Crippen molar-refractivity contribution in [3.63, 3.8) is 0 Å². The lowest BCUT2D eigenvalue weighted by atomic mass is 10.0. The zero-order valence-electron chi connectivity index (χ0n) is 13.0. The van der Waals surface area contributed by atoms with Crippen molar-refractivity contribution in [2.75, 3.05) is 18.8 Å². The highest BCUT2D eigenvalue weighted by Crippen LogP contribution is 2.27. The molecule has 0 saturated carbocycles. The molecule has 1 aromatic carbocycles. The molecule has 1 saturated heterocycles. The molecule has 0 N–H and O–H groups in total. The Morgan fingerprint density at radius 3 is 2.96 bits per heavy atom. The number of halogens is 1. The van der Waals surface area contributed by atoms with Crippen LogP contribution in [0.25, 0.3) is 11.3 Å². The summed E-state index contributed by atoms with van der Waals surface area (Å²) < 4.78 is 6.76. The highest BCUT2D eigenvalue weighted by molar-refractivity contribution is 9.10. The molecule has 6 heteroatoms. The van der Waals surface area contributed by atoms with Crippen LogP contribution in [0, 0.1) is 5.92 Å². The Morgan fingerprint density at radius 1 is 1.43 bits per heavy atom. The second kappa shape index (κ2) is 7.53. The van der Waals surface area contributed by atoms with Crippen LogP contribution in [0.4, 0.5) is 0 Å². The van der Waals surface area contributed by atoms with Crippen LogP contribution in [0.2, 0.25) is 0 Å². The maximum atomic E-state index is 12.3. The molecule has 0 unspecified atom stereocenters. The molecule has 0 bridgehead atoms. The largest absolute Gasteiger partial charge is 0.431 e. The Balaban J connectivity index is 1.56. The van der Waals surface area contributed by atoms with E-state index in [1.807, 2.05) is 29.2 Å². The fraction of sp³-hybridized carbons (Fsp3) is 0.412. The van der Waals surface area contributed by atoms with E-state index in [4.69, 9.17) is 4.42 Å². The molecular weight excluding hydrogens is 376 g/mol. The summed E-state index contributed by atoms with van der Waals surface area (Å²) in [4.78, 5) is 18.5. The SMILES string of the molecule is C[C@@H]1CCCN(C(=O)CSc2ncc(-c3ccc(Br)cc3)o2)C1. The van der Waals surface area contributed by atoms with Gasteiger partial charge in [0, 0.05) is 23.1 Å². The van der Waals surface area contributed by atoms with Gasteiger partial charge >= 0.3 is 0 Å². The molecular formula is C17H19BrN2O2S. The Bertz CT molecular complexity index is 671. The maximum absolute atomic E-state index is 12.3. The lowest BCUT2D eigenvalue weighted by molar-refractivity contribution is -0.130. The quantitative estimate of drug-likeness (QED) is 0.718.